The van der Waals surface area contributed by atoms with Gasteiger partial charge in [-0.1, -0.05) is 169 Å². The molecule has 0 bridgehead atoms. The second-order valence-corrected chi connectivity index (χ2v) is 14.5. The summed E-state index contributed by atoms with van der Waals surface area (Å²) in [7, 11) is 0. The Morgan fingerprint density at radius 1 is 0.362 bits per heavy atom. The molecule has 0 aliphatic carbocycles. The molecule has 0 heterocycles. The van der Waals surface area contributed by atoms with Gasteiger partial charge < -0.3 is 14.2 Å². The fourth-order valence-corrected chi connectivity index (χ4v) is 5.62. The lowest BCUT2D eigenvalue weighted by Gasteiger charge is -2.18. The number of hydrogen-bond donors (Lipinski definition) is 0. The van der Waals surface area contributed by atoms with E-state index < -0.39 is 6.10 Å². The van der Waals surface area contributed by atoms with Crippen molar-refractivity contribution in [3.8, 4) is 0 Å². The Morgan fingerprint density at radius 2 is 0.724 bits per heavy atom. The molecule has 1 unspecified atom stereocenters. The monoisotopic (exact) mass is 803 g/mol. The molecule has 0 spiro atoms. The summed E-state index contributed by atoms with van der Waals surface area (Å²) < 4.78 is 16.6. The van der Waals surface area contributed by atoms with E-state index in [0.717, 1.165) is 103 Å². The van der Waals surface area contributed by atoms with Crippen molar-refractivity contribution in [3.63, 3.8) is 0 Å². The van der Waals surface area contributed by atoms with Gasteiger partial charge in [-0.25, -0.2) is 0 Å². The standard InChI is InChI=1S/C52H82O6/c1-4-7-10-13-16-19-21-23-24-25-26-27-28-29-31-33-36-39-42-45-51(54)57-48-49(47-56-50(53)44-41-38-35-32-18-15-12-9-6-3)58-52(55)46-43-40-37-34-30-22-20-17-14-11-8-5-2/h7-8,10-11,16-17,19-20,23-24,26-27,29,31-32,35-36,39,49H,4-6,9,12-15,18,21-22,25,28,30,33-34,37-38,40-48H2,1-3H3/b10-7-,11-8-,19-16-,20-17-,24-23-,27-26-,31-29-,35-32-,39-36-. The number of unbranched alkanes of at least 4 members (excludes halogenated alkanes) is 10. The van der Waals surface area contributed by atoms with Crippen LogP contribution in [0.2, 0.25) is 0 Å². The van der Waals surface area contributed by atoms with Crippen LogP contribution in [0.5, 0.6) is 0 Å². The first-order chi connectivity index (χ1) is 28.5. The molecular weight excluding hydrogens is 721 g/mol. The summed E-state index contributed by atoms with van der Waals surface area (Å²) in [5.41, 5.74) is 0. The highest BCUT2D eigenvalue weighted by atomic mass is 16.6. The van der Waals surface area contributed by atoms with Crippen LogP contribution >= 0.6 is 0 Å². The molecule has 0 N–H and O–H groups in total. The number of esters is 3. The summed E-state index contributed by atoms with van der Waals surface area (Å²) in [5.74, 6) is -1.07. The Morgan fingerprint density at radius 3 is 1.22 bits per heavy atom. The Bertz CT molecular complexity index is 1240. The fraction of sp³-hybridized carbons (Fsp3) is 0.596. The molecule has 326 valence electrons. The van der Waals surface area contributed by atoms with Gasteiger partial charge in [-0.3, -0.25) is 14.4 Å². The predicted molar refractivity (Wildman–Crippen MR) is 247 cm³/mol. The third kappa shape index (κ3) is 43.2. The topological polar surface area (TPSA) is 78.9 Å². The van der Waals surface area contributed by atoms with Gasteiger partial charge in [-0.15, -0.1) is 0 Å². The predicted octanol–water partition coefficient (Wildman–Crippen LogP) is 14.8. The van der Waals surface area contributed by atoms with Crippen LogP contribution in [0.1, 0.15) is 181 Å². The average Bonchev–Trinajstić information content (AvgIpc) is 3.22. The first kappa shape index (κ1) is 54.1. The largest absolute Gasteiger partial charge is 0.462 e. The van der Waals surface area contributed by atoms with E-state index in [1.807, 2.05) is 12.2 Å². The molecule has 6 nitrogen and oxygen atoms in total. The third-order valence-electron chi connectivity index (χ3n) is 9.01. The van der Waals surface area contributed by atoms with Crippen molar-refractivity contribution < 1.29 is 28.6 Å². The van der Waals surface area contributed by atoms with Crippen molar-refractivity contribution in [1.82, 2.24) is 0 Å². The summed E-state index contributed by atoms with van der Waals surface area (Å²) >= 11 is 0. The van der Waals surface area contributed by atoms with Gasteiger partial charge in [0.15, 0.2) is 6.10 Å². The van der Waals surface area contributed by atoms with Crippen LogP contribution in [0, 0.1) is 0 Å². The lowest BCUT2D eigenvalue weighted by molar-refractivity contribution is -0.166. The molecule has 6 heteroatoms. The molecule has 0 aliphatic rings. The summed E-state index contributed by atoms with van der Waals surface area (Å²) in [5, 5.41) is 0. The average molecular weight is 803 g/mol. The first-order valence-electron chi connectivity index (χ1n) is 22.9. The Labute approximate surface area is 355 Å². The van der Waals surface area contributed by atoms with Crippen molar-refractivity contribution in [1.29, 1.82) is 0 Å². The number of carbonyl (C=O) groups excluding carboxylic acids is 3. The van der Waals surface area contributed by atoms with Gasteiger partial charge in [-0.2, -0.15) is 0 Å². The van der Waals surface area contributed by atoms with Crippen LogP contribution in [0.4, 0.5) is 0 Å². The molecule has 0 aliphatic heterocycles. The Hall–Kier alpha value is -3.93. The summed E-state index contributed by atoms with van der Waals surface area (Å²) in [6.07, 6.45) is 61.0. The molecule has 0 radical (unpaired) electrons. The zero-order valence-electron chi connectivity index (χ0n) is 37.0. The number of carbonyl (C=O) groups is 3. The maximum Gasteiger partial charge on any atom is 0.306 e. The molecule has 0 aromatic heterocycles. The second kappa shape index (κ2) is 45.8. The van der Waals surface area contributed by atoms with Gasteiger partial charge in [0.25, 0.3) is 0 Å². The normalized spacial score (nSPS) is 13.1. The smallest absolute Gasteiger partial charge is 0.306 e. The maximum absolute atomic E-state index is 12.7. The minimum atomic E-state index is -0.826. The van der Waals surface area contributed by atoms with E-state index in [4.69, 9.17) is 14.2 Å². The number of ether oxygens (including phenoxy) is 3. The van der Waals surface area contributed by atoms with Crippen molar-refractivity contribution in [3.05, 3.63) is 109 Å². The van der Waals surface area contributed by atoms with Crippen molar-refractivity contribution in [2.24, 2.45) is 0 Å². The highest BCUT2D eigenvalue weighted by Gasteiger charge is 2.19. The van der Waals surface area contributed by atoms with Crippen molar-refractivity contribution >= 4 is 17.9 Å². The number of rotatable bonds is 39. The second-order valence-electron chi connectivity index (χ2n) is 14.5. The Kier molecular flexibility index (Phi) is 42.7. The highest BCUT2D eigenvalue weighted by Crippen LogP contribution is 2.11. The van der Waals surface area contributed by atoms with E-state index in [9.17, 15) is 14.4 Å². The molecule has 0 aromatic carbocycles. The molecule has 0 amide bonds. The van der Waals surface area contributed by atoms with Crippen LogP contribution in [-0.4, -0.2) is 37.2 Å². The van der Waals surface area contributed by atoms with Crippen LogP contribution in [0.25, 0.3) is 0 Å². The van der Waals surface area contributed by atoms with Gasteiger partial charge in [0, 0.05) is 19.3 Å². The number of hydrogen-bond acceptors (Lipinski definition) is 6. The Balaban J connectivity index is 4.52. The zero-order valence-corrected chi connectivity index (χ0v) is 37.0. The molecule has 0 saturated carbocycles. The van der Waals surface area contributed by atoms with E-state index in [-0.39, 0.29) is 50.4 Å². The van der Waals surface area contributed by atoms with Crippen LogP contribution < -0.4 is 0 Å². The number of allylic oxidation sites excluding steroid dienone is 18. The van der Waals surface area contributed by atoms with Gasteiger partial charge in [0.1, 0.15) is 13.2 Å². The maximum atomic E-state index is 12.7. The highest BCUT2D eigenvalue weighted by molar-refractivity contribution is 5.71. The summed E-state index contributed by atoms with van der Waals surface area (Å²) in [6.45, 7) is 6.24. The van der Waals surface area contributed by atoms with E-state index >= 15 is 0 Å². The van der Waals surface area contributed by atoms with Crippen molar-refractivity contribution in [2.75, 3.05) is 13.2 Å². The molecular formula is C52H82O6. The molecule has 0 aromatic rings. The van der Waals surface area contributed by atoms with Gasteiger partial charge in [0.2, 0.25) is 0 Å². The van der Waals surface area contributed by atoms with Gasteiger partial charge in [0.05, 0.1) is 0 Å². The fourth-order valence-electron chi connectivity index (χ4n) is 5.62. The van der Waals surface area contributed by atoms with Gasteiger partial charge >= 0.3 is 17.9 Å². The molecule has 0 fully saturated rings. The van der Waals surface area contributed by atoms with E-state index in [1.165, 1.54) is 25.7 Å². The van der Waals surface area contributed by atoms with Crippen LogP contribution in [0.3, 0.4) is 0 Å². The summed E-state index contributed by atoms with van der Waals surface area (Å²) in [6, 6.07) is 0. The van der Waals surface area contributed by atoms with E-state index in [1.54, 1.807) is 0 Å². The lowest BCUT2D eigenvalue weighted by atomic mass is 10.1. The van der Waals surface area contributed by atoms with Crippen LogP contribution in [0.15, 0.2) is 109 Å². The van der Waals surface area contributed by atoms with E-state index in [0.29, 0.717) is 12.8 Å². The lowest BCUT2D eigenvalue weighted by Crippen LogP contribution is -2.30. The minimum absolute atomic E-state index is 0.125. The molecule has 1 atom stereocenters. The first-order valence-corrected chi connectivity index (χ1v) is 22.9. The molecule has 0 rings (SSSR count). The molecule has 58 heavy (non-hydrogen) atoms. The molecule has 0 saturated heterocycles. The summed E-state index contributed by atoms with van der Waals surface area (Å²) in [4.78, 5) is 37.6. The minimum Gasteiger partial charge on any atom is -0.462 e. The third-order valence-corrected chi connectivity index (χ3v) is 9.01. The van der Waals surface area contributed by atoms with Gasteiger partial charge in [-0.05, 0) is 103 Å². The van der Waals surface area contributed by atoms with Crippen molar-refractivity contribution in [2.45, 2.75) is 187 Å². The zero-order chi connectivity index (χ0) is 42.3. The van der Waals surface area contributed by atoms with E-state index in [2.05, 4.69) is 118 Å². The van der Waals surface area contributed by atoms with Crippen LogP contribution in [-0.2, 0) is 28.6 Å². The quantitative estimate of drug-likeness (QED) is 0.0267. The SMILES string of the molecule is CC/C=C\C/C=C\C/C=C\C/C=C\C/C=C\C/C=C\CCC(=O)OCC(COC(=O)CCC/C=C\CCCCCC)OC(=O)CCCCCCC/C=C\C/C=C\CC.